The van der Waals surface area contributed by atoms with Gasteiger partial charge in [-0.05, 0) is 38.5 Å². The van der Waals surface area contributed by atoms with E-state index < -0.39 is 24.0 Å². The lowest BCUT2D eigenvalue weighted by molar-refractivity contribution is -0.175. The molecule has 2 saturated carbocycles. The van der Waals surface area contributed by atoms with Crippen LogP contribution >= 0.6 is 0 Å². The van der Waals surface area contributed by atoms with Crippen LogP contribution in [-0.2, 0) is 4.79 Å². The molecule has 0 aromatic carbocycles. The molecule has 1 unspecified atom stereocenters. The first-order chi connectivity index (χ1) is 8.79. The molecule has 0 heterocycles. The third-order valence-corrected chi connectivity index (χ3v) is 4.56. The summed E-state index contributed by atoms with van der Waals surface area (Å²) >= 11 is 0. The standard InChI is InChI=1S/C13H21F3N2O/c1-9(10-3-4-10)18(8-13(14,15)16)11(19)12(7-17)5-2-6-12/h9-10H,2-8,17H2,1H3. The number of halogens is 3. The van der Waals surface area contributed by atoms with Crippen LogP contribution in [0.25, 0.3) is 0 Å². The molecule has 0 saturated heterocycles. The van der Waals surface area contributed by atoms with E-state index in [9.17, 15) is 18.0 Å². The second kappa shape index (κ2) is 4.96. The van der Waals surface area contributed by atoms with E-state index in [0.717, 1.165) is 24.2 Å². The minimum atomic E-state index is -4.35. The van der Waals surface area contributed by atoms with Crippen molar-refractivity contribution < 1.29 is 18.0 Å². The van der Waals surface area contributed by atoms with Gasteiger partial charge in [-0.15, -0.1) is 0 Å². The molecule has 2 fully saturated rings. The summed E-state index contributed by atoms with van der Waals surface area (Å²) in [6, 6.07) is -0.335. The molecule has 110 valence electrons. The molecule has 2 rings (SSSR count). The lowest BCUT2D eigenvalue weighted by Gasteiger charge is -2.44. The van der Waals surface area contributed by atoms with Crippen molar-refractivity contribution in [2.45, 2.75) is 51.2 Å². The van der Waals surface area contributed by atoms with Crippen molar-refractivity contribution in [3.05, 3.63) is 0 Å². The highest BCUT2D eigenvalue weighted by atomic mass is 19.4. The number of hydrogen-bond donors (Lipinski definition) is 1. The second-order valence-electron chi connectivity index (χ2n) is 5.96. The monoisotopic (exact) mass is 278 g/mol. The molecular weight excluding hydrogens is 257 g/mol. The van der Waals surface area contributed by atoms with Gasteiger partial charge in [0.05, 0.1) is 5.41 Å². The number of alkyl halides is 3. The molecule has 3 nitrogen and oxygen atoms in total. The lowest BCUT2D eigenvalue weighted by Crippen LogP contribution is -2.56. The third-order valence-electron chi connectivity index (χ3n) is 4.56. The minimum absolute atomic E-state index is 0.150. The van der Waals surface area contributed by atoms with Crippen LogP contribution in [-0.4, -0.2) is 36.1 Å². The van der Waals surface area contributed by atoms with Gasteiger partial charge >= 0.3 is 6.18 Å². The van der Waals surface area contributed by atoms with Crippen LogP contribution in [0.1, 0.15) is 39.0 Å². The molecule has 1 amide bonds. The third kappa shape index (κ3) is 3.04. The molecule has 2 aliphatic rings. The molecule has 0 aromatic heterocycles. The van der Waals surface area contributed by atoms with Gasteiger partial charge in [0.25, 0.3) is 0 Å². The van der Waals surface area contributed by atoms with Crippen LogP contribution < -0.4 is 5.73 Å². The minimum Gasteiger partial charge on any atom is -0.330 e. The van der Waals surface area contributed by atoms with Crippen molar-refractivity contribution in [1.29, 1.82) is 0 Å². The van der Waals surface area contributed by atoms with Gasteiger partial charge in [0.2, 0.25) is 5.91 Å². The number of carbonyl (C=O) groups is 1. The quantitative estimate of drug-likeness (QED) is 0.838. The fourth-order valence-corrected chi connectivity index (χ4v) is 2.84. The maximum atomic E-state index is 12.7. The van der Waals surface area contributed by atoms with Gasteiger partial charge < -0.3 is 10.6 Å². The maximum absolute atomic E-state index is 12.7. The van der Waals surface area contributed by atoms with Crippen LogP contribution in [0, 0.1) is 11.3 Å². The number of rotatable bonds is 5. The van der Waals surface area contributed by atoms with Gasteiger partial charge in [-0.25, -0.2) is 0 Å². The number of nitrogens with zero attached hydrogens (tertiary/aromatic N) is 1. The Morgan fingerprint density at radius 3 is 2.32 bits per heavy atom. The molecular formula is C13H21F3N2O. The van der Waals surface area contributed by atoms with E-state index in [1.54, 1.807) is 6.92 Å². The number of hydrogen-bond acceptors (Lipinski definition) is 2. The summed E-state index contributed by atoms with van der Waals surface area (Å²) in [7, 11) is 0. The lowest BCUT2D eigenvalue weighted by atomic mass is 9.67. The Kier molecular flexibility index (Phi) is 3.82. The number of carbonyl (C=O) groups excluding carboxylic acids is 1. The molecule has 0 bridgehead atoms. The van der Waals surface area contributed by atoms with Crippen molar-refractivity contribution in [3.8, 4) is 0 Å². The summed E-state index contributed by atoms with van der Waals surface area (Å²) < 4.78 is 38.1. The second-order valence-corrected chi connectivity index (χ2v) is 5.96. The van der Waals surface area contributed by atoms with Gasteiger partial charge in [0.1, 0.15) is 6.54 Å². The van der Waals surface area contributed by atoms with Crippen molar-refractivity contribution in [2.24, 2.45) is 17.1 Å². The first kappa shape index (κ1) is 14.6. The van der Waals surface area contributed by atoms with Gasteiger partial charge in [-0.3, -0.25) is 4.79 Å². The fraction of sp³-hybridized carbons (Fsp3) is 0.923. The van der Waals surface area contributed by atoms with Gasteiger partial charge in [0.15, 0.2) is 0 Å². The SMILES string of the molecule is CC(C1CC1)N(CC(F)(F)F)C(=O)C1(CN)CCC1. The first-order valence-electron chi connectivity index (χ1n) is 6.87. The summed E-state index contributed by atoms with van der Waals surface area (Å²) in [6.07, 6.45) is -0.405. The highest BCUT2D eigenvalue weighted by molar-refractivity contribution is 5.84. The Morgan fingerprint density at radius 2 is 2.00 bits per heavy atom. The average molecular weight is 278 g/mol. The van der Waals surface area contributed by atoms with E-state index >= 15 is 0 Å². The smallest absolute Gasteiger partial charge is 0.330 e. The summed E-state index contributed by atoms with van der Waals surface area (Å²) in [5.74, 6) is -0.167. The van der Waals surface area contributed by atoms with Crippen LogP contribution in [0.2, 0.25) is 0 Å². The fourth-order valence-electron chi connectivity index (χ4n) is 2.84. The zero-order valence-electron chi connectivity index (χ0n) is 11.2. The normalized spacial score (nSPS) is 23.6. The molecule has 2 N–H and O–H groups in total. The van der Waals surface area contributed by atoms with E-state index in [0.29, 0.717) is 12.8 Å². The average Bonchev–Trinajstić information content (AvgIpc) is 3.06. The van der Waals surface area contributed by atoms with E-state index in [1.165, 1.54) is 0 Å². The number of nitrogens with two attached hydrogens (primary N) is 1. The largest absolute Gasteiger partial charge is 0.406 e. The molecule has 0 aliphatic heterocycles. The van der Waals surface area contributed by atoms with Crippen LogP contribution in [0.5, 0.6) is 0 Å². The van der Waals surface area contributed by atoms with E-state index in [4.69, 9.17) is 5.73 Å². The molecule has 0 aromatic rings. The molecule has 1 atom stereocenters. The van der Waals surface area contributed by atoms with E-state index in [-0.39, 0.29) is 18.5 Å². The first-order valence-corrected chi connectivity index (χ1v) is 6.87. The highest BCUT2D eigenvalue weighted by Crippen LogP contribution is 2.44. The predicted molar refractivity (Wildman–Crippen MR) is 65.3 cm³/mol. The Labute approximate surface area is 111 Å². The number of amides is 1. The Bertz CT molecular complexity index is 343. The van der Waals surface area contributed by atoms with Crippen molar-refractivity contribution in [2.75, 3.05) is 13.1 Å². The summed E-state index contributed by atoms with van der Waals surface area (Å²) in [6.45, 7) is 0.729. The molecule has 0 radical (unpaired) electrons. The van der Waals surface area contributed by atoms with Crippen LogP contribution in [0.3, 0.4) is 0 Å². The van der Waals surface area contributed by atoms with Crippen molar-refractivity contribution >= 4 is 5.91 Å². The van der Waals surface area contributed by atoms with Gasteiger partial charge in [-0.2, -0.15) is 13.2 Å². The Hall–Kier alpha value is -0.780. The van der Waals surface area contributed by atoms with Crippen LogP contribution in [0.4, 0.5) is 13.2 Å². The summed E-state index contributed by atoms with van der Waals surface area (Å²) in [5, 5.41) is 0. The van der Waals surface area contributed by atoms with E-state index in [1.807, 2.05) is 0 Å². The zero-order chi connectivity index (χ0) is 14.3. The topological polar surface area (TPSA) is 46.3 Å². The van der Waals surface area contributed by atoms with Crippen molar-refractivity contribution in [3.63, 3.8) is 0 Å². The molecule has 6 heteroatoms. The summed E-state index contributed by atoms with van der Waals surface area (Å²) in [5.41, 5.74) is 4.91. The Morgan fingerprint density at radius 1 is 1.42 bits per heavy atom. The van der Waals surface area contributed by atoms with Gasteiger partial charge in [-0.1, -0.05) is 6.42 Å². The molecule has 2 aliphatic carbocycles. The van der Waals surface area contributed by atoms with E-state index in [2.05, 4.69) is 0 Å². The van der Waals surface area contributed by atoms with Crippen LogP contribution in [0.15, 0.2) is 0 Å². The Balaban J connectivity index is 2.13. The molecule has 0 spiro atoms. The predicted octanol–water partition coefficient (Wildman–Crippen LogP) is 2.30. The van der Waals surface area contributed by atoms with Crippen molar-refractivity contribution in [1.82, 2.24) is 4.90 Å². The molecule has 19 heavy (non-hydrogen) atoms. The zero-order valence-corrected chi connectivity index (χ0v) is 11.2. The van der Waals surface area contributed by atoms with Gasteiger partial charge in [0, 0.05) is 12.6 Å². The highest BCUT2D eigenvalue weighted by Gasteiger charge is 2.49. The maximum Gasteiger partial charge on any atom is 0.406 e. The summed E-state index contributed by atoms with van der Waals surface area (Å²) in [4.78, 5) is 13.5.